The van der Waals surface area contributed by atoms with Crippen molar-refractivity contribution in [3.05, 3.63) is 27.7 Å². The number of rotatable bonds is 2. The zero-order valence-corrected chi connectivity index (χ0v) is 14.4. The summed E-state index contributed by atoms with van der Waals surface area (Å²) in [4.78, 5) is 7.19. The molecule has 0 radical (unpaired) electrons. The van der Waals surface area contributed by atoms with Gasteiger partial charge in [0.2, 0.25) is 0 Å². The van der Waals surface area contributed by atoms with E-state index in [1.165, 1.54) is 9.71 Å². The molecule has 3 nitrogen and oxygen atoms in total. The van der Waals surface area contributed by atoms with Gasteiger partial charge in [-0.3, -0.25) is 0 Å². The van der Waals surface area contributed by atoms with Crippen molar-refractivity contribution < 1.29 is 4.74 Å². The van der Waals surface area contributed by atoms with Crippen molar-refractivity contribution in [1.82, 2.24) is 9.88 Å². The van der Waals surface area contributed by atoms with Crippen LogP contribution in [0.5, 0.6) is 0 Å². The number of ether oxygens (including phenoxy) is 1. The Kier molecular flexibility index (Phi) is 3.88. The molecule has 1 aromatic heterocycles. The van der Waals surface area contributed by atoms with E-state index >= 15 is 0 Å². The lowest BCUT2D eigenvalue weighted by Gasteiger charge is -2.43. The molecule has 1 fully saturated rings. The highest BCUT2D eigenvalue weighted by atomic mass is 79.9. The Morgan fingerprint density at radius 1 is 1.50 bits per heavy atom. The van der Waals surface area contributed by atoms with Crippen molar-refractivity contribution >= 4 is 37.5 Å². The Bertz CT molecular complexity index is 629. The third-order valence-corrected chi connectivity index (χ3v) is 5.89. The molecule has 20 heavy (non-hydrogen) atoms. The number of likely N-dealkylation sites (tertiary alicyclic amines) is 1. The number of methoxy groups -OCH3 is 1. The Morgan fingerprint density at radius 3 is 3.05 bits per heavy atom. The highest BCUT2D eigenvalue weighted by Gasteiger charge is 2.41. The van der Waals surface area contributed by atoms with Crippen molar-refractivity contribution in [2.24, 2.45) is 0 Å². The lowest BCUT2D eigenvalue weighted by Crippen LogP contribution is -2.50. The molecule has 0 saturated carbocycles. The quantitative estimate of drug-likeness (QED) is 0.818. The Hall–Kier alpha value is -0.490. The van der Waals surface area contributed by atoms with Gasteiger partial charge < -0.3 is 9.64 Å². The summed E-state index contributed by atoms with van der Waals surface area (Å²) in [5, 5.41) is 1.20. The summed E-state index contributed by atoms with van der Waals surface area (Å²) >= 11 is 5.32. The van der Waals surface area contributed by atoms with Gasteiger partial charge in [-0.2, -0.15) is 0 Å². The monoisotopic (exact) mass is 354 g/mol. The zero-order valence-electron chi connectivity index (χ0n) is 12.0. The molecular weight excluding hydrogens is 336 g/mol. The minimum absolute atomic E-state index is 0.155. The highest BCUT2D eigenvalue weighted by Crippen LogP contribution is 2.41. The normalized spacial score (nSPS) is 28.1. The molecule has 2 aromatic rings. The topological polar surface area (TPSA) is 25.4 Å². The maximum absolute atomic E-state index is 5.85. The van der Waals surface area contributed by atoms with Gasteiger partial charge >= 0.3 is 0 Å². The molecule has 3 rings (SSSR count). The van der Waals surface area contributed by atoms with Crippen molar-refractivity contribution in [3.8, 4) is 0 Å². The number of hydrogen-bond acceptors (Lipinski definition) is 4. The zero-order chi connectivity index (χ0) is 14.3. The van der Waals surface area contributed by atoms with Crippen LogP contribution in [0.1, 0.15) is 24.3 Å². The van der Waals surface area contributed by atoms with Crippen molar-refractivity contribution in [2.75, 3.05) is 27.2 Å². The third-order valence-electron chi connectivity index (χ3n) is 4.25. The first-order valence-electron chi connectivity index (χ1n) is 6.81. The molecule has 0 amide bonds. The third kappa shape index (κ3) is 2.52. The van der Waals surface area contributed by atoms with Gasteiger partial charge in [-0.05, 0) is 45.1 Å². The average molecular weight is 355 g/mol. The fourth-order valence-electron chi connectivity index (χ4n) is 3.04. The highest BCUT2D eigenvalue weighted by molar-refractivity contribution is 9.10. The molecule has 0 N–H and O–H groups in total. The molecule has 1 aliphatic rings. The lowest BCUT2D eigenvalue weighted by molar-refractivity contribution is -0.0614. The van der Waals surface area contributed by atoms with E-state index in [-0.39, 0.29) is 5.60 Å². The van der Waals surface area contributed by atoms with Crippen LogP contribution in [0, 0.1) is 0 Å². The van der Waals surface area contributed by atoms with E-state index in [0.717, 1.165) is 29.5 Å². The molecule has 0 bridgehead atoms. The Balaban J connectivity index is 2.00. The van der Waals surface area contributed by atoms with Crippen molar-refractivity contribution in [1.29, 1.82) is 0 Å². The summed E-state index contributed by atoms with van der Waals surface area (Å²) in [6.07, 6.45) is 1.10. The first-order valence-corrected chi connectivity index (χ1v) is 8.42. The van der Waals surface area contributed by atoms with E-state index in [9.17, 15) is 0 Å². The SMILES string of the molecule is CO[C@@]1(C)CN(C)CC[C@H]1c1nc2cc(Br)ccc2s1. The van der Waals surface area contributed by atoms with Crippen LogP contribution in [-0.4, -0.2) is 42.7 Å². The number of thiazole rings is 1. The van der Waals surface area contributed by atoms with Crippen molar-refractivity contribution in [3.63, 3.8) is 0 Å². The summed E-state index contributed by atoms with van der Waals surface area (Å²) < 4.78 is 8.19. The molecule has 5 heteroatoms. The average Bonchev–Trinajstić information content (AvgIpc) is 2.81. The summed E-state index contributed by atoms with van der Waals surface area (Å²) in [6, 6.07) is 6.31. The second kappa shape index (κ2) is 5.37. The van der Waals surface area contributed by atoms with Crippen LogP contribution in [-0.2, 0) is 4.74 Å². The van der Waals surface area contributed by atoms with Gasteiger partial charge in [-0.25, -0.2) is 4.98 Å². The number of halogens is 1. The minimum atomic E-state index is -0.155. The predicted molar refractivity (Wildman–Crippen MR) is 87.6 cm³/mol. The van der Waals surface area contributed by atoms with Gasteiger partial charge in [0.15, 0.2) is 0 Å². The Morgan fingerprint density at radius 2 is 2.30 bits per heavy atom. The number of piperidine rings is 1. The number of aromatic nitrogens is 1. The van der Waals surface area contributed by atoms with E-state index < -0.39 is 0 Å². The molecule has 1 aromatic carbocycles. The van der Waals surface area contributed by atoms with Gasteiger partial charge in [0, 0.05) is 24.0 Å². The summed E-state index contributed by atoms with van der Waals surface area (Å²) in [6.45, 7) is 4.26. The molecule has 2 atom stereocenters. The van der Waals surface area contributed by atoms with E-state index in [2.05, 4.69) is 53.0 Å². The van der Waals surface area contributed by atoms with Crippen LogP contribution in [0.4, 0.5) is 0 Å². The minimum Gasteiger partial charge on any atom is -0.376 e. The lowest BCUT2D eigenvalue weighted by atomic mass is 9.83. The predicted octanol–water partition coefficient (Wildman–Crippen LogP) is 3.88. The van der Waals surface area contributed by atoms with Crippen LogP contribution in [0.2, 0.25) is 0 Å². The number of hydrogen-bond donors (Lipinski definition) is 0. The Labute approximate surface area is 132 Å². The molecule has 0 unspecified atom stereocenters. The summed E-state index contributed by atoms with van der Waals surface area (Å²) in [5.74, 6) is 0.375. The standard InChI is InChI=1S/C15H19BrN2OS/c1-15(19-3)9-18(2)7-6-11(15)14-17-12-8-10(16)4-5-13(12)20-14/h4-5,8,11H,6-7,9H2,1-3H3/t11-,15-/m0/s1. The fraction of sp³-hybridized carbons (Fsp3) is 0.533. The van der Waals surface area contributed by atoms with Crippen LogP contribution < -0.4 is 0 Å². The molecule has 0 spiro atoms. The number of likely N-dealkylation sites (N-methyl/N-ethyl adjacent to an activating group) is 1. The van der Waals surface area contributed by atoms with Crippen molar-refractivity contribution in [2.45, 2.75) is 24.9 Å². The summed E-state index contributed by atoms with van der Waals surface area (Å²) in [5.41, 5.74) is 0.926. The van der Waals surface area contributed by atoms with E-state index in [1.54, 1.807) is 11.3 Å². The maximum Gasteiger partial charge on any atom is 0.0999 e. The van der Waals surface area contributed by atoms with Gasteiger partial charge in [0.25, 0.3) is 0 Å². The first kappa shape index (κ1) is 14.4. The van der Waals surface area contributed by atoms with Crippen LogP contribution in [0.25, 0.3) is 10.2 Å². The number of nitrogens with zero attached hydrogens (tertiary/aromatic N) is 2. The van der Waals surface area contributed by atoms with Gasteiger partial charge in [-0.1, -0.05) is 15.9 Å². The van der Waals surface area contributed by atoms with Gasteiger partial charge in [0.05, 0.1) is 20.8 Å². The molecule has 2 heterocycles. The fourth-order valence-corrected chi connectivity index (χ4v) is 4.61. The summed E-state index contributed by atoms with van der Waals surface area (Å²) in [7, 11) is 3.97. The van der Waals surface area contributed by atoms with Crippen LogP contribution >= 0.6 is 27.3 Å². The van der Waals surface area contributed by atoms with Gasteiger partial charge in [0.1, 0.15) is 0 Å². The molecule has 0 aliphatic carbocycles. The second-order valence-electron chi connectivity index (χ2n) is 5.76. The van der Waals surface area contributed by atoms with E-state index in [4.69, 9.17) is 9.72 Å². The first-order chi connectivity index (χ1) is 9.51. The van der Waals surface area contributed by atoms with E-state index in [0.29, 0.717) is 5.92 Å². The smallest absolute Gasteiger partial charge is 0.0999 e. The largest absolute Gasteiger partial charge is 0.376 e. The molecule has 1 saturated heterocycles. The molecule has 1 aliphatic heterocycles. The van der Waals surface area contributed by atoms with Gasteiger partial charge in [-0.15, -0.1) is 11.3 Å². The number of benzene rings is 1. The maximum atomic E-state index is 5.85. The van der Waals surface area contributed by atoms with Crippen LogP contribution in [0.15, 0.2) is 22.7 Å². The van der Waals surface area contributed by atoms with E-state index in [1.807, 2.05) is 7.11 Å². The molecular formula is C15H19BrN2OS. The van der Waals surface area contributed by atoms with Crippen LogP contribution in [0.3, 0.4) is 0 Å². The second-order valence-corrected chi connectivity index (χ2v) is 7.74. The number of fused-ring (bicyclic) bond motifs is 1. The molecule has 108 valence electrons.